The van der Waals surface area contributed by atoms with Gasteiger partial charge in [0, 0.05) is 25.2 Å². The fraction of sp³-hybridized carbons (Fsp3) is 1.00. The second kappa shape index (κ2) is 6.72. The van der Waals surface area contributed by atoms with E-state index in [-0.39, 0.29) is 0 Å². The number of nitrogens with one attached hydrogen (secondary N) is 1. The number of hydrogen-bond acceptors (Lipinski definition) is 3. The van der Waals surface area contributed by atoms with E-state index < -0.39 is 0 Å². The number of rotatable bonds is 5. The van der Waals surface area contributed by atoms with E-state index >= 15 is 0 Å². The van der Waals surface area contributed by atoms with Crippen LogP contribution in [-0.2, 0) is 4.74 Å². The van der Waals surface area contributed by atoms with Gasteiger partial charge in [0.2, 0.25) is 0 Å². The van der Waals surface area contributed by atoms with Gasteiger partial charge in [0.05, 0.1) is 6.10 Å². The Morgan fingerprint density at radius 3 is 2.94 bits per heavy atom. The van der Waals surface area contributed by atoms with Crippen LogP contribution < -0.4 is 5.32 Å². The molecule has 17 heavy (non-hydrogen) atoms. The molecule has 2 heterocycles. The summed E-state index contributed by atoms with van der Waals surface area (Å²) in [5, 5.41) is 3.76. The smallest absolute Gasteiger partial charge is 0.0589 e. The summed E-state index contributed by atoms with van der Waals surface area (Å²) in [4.78, 5) is 2.50. The first-order valence-electron chi connectivity index (χ1n) is 7.34. The molecular formula is C14H28N2O. The Balaban J connectivity index is 1.67. The third-order valence-electron chi connectivity index (χ3n) is 4.29. The molecule has 2 aliphatic heterocycles. The minimum absolute atomic E-state index is 0.507. The molecule has 0 aliphatic carbocycles. The van der Waals surface area contributed by atoms with Crippen LogP contribution in [0.2, 0.25) is 0 Å². The van der Waals surface area contributed by atoms with Crippen molar-refractivity contribution in [2.24, 2.45) is 0 Å². The zero-order chi connectivity index (χ0) is 12.1. The van der Waals surface area contributed by atoms with Gasteiger partial charge in [-0.2, -0.15) is 0 Å². The van der Waals surface area contributed by atoms with Gasteiger partial charge >= 0.3 is 0 Å². The maximum atomic E-state index is 5.79. The standard InChI is InChI=1S/C14H28N2O/c1-3-5-14-10-12(7-9-17-14)15-11-13-6-4-8-16(13)2/h12-15H,3-11H2,1-2H3. The Morgan fingerprint density at radius 1 is 1.35 bits per heavy atom. The molecule has 3 unspecified atom stereocenters. The number of likely N-dealkylation sites (tertiary alicyclic amines) is 1. The Bertz CT molecular complexity index is 220. The van der Waals surface area contributed by atoms with E-state index in [1.54, 1.807) is 0 Å². The summed E-state index contributed by atoms with van der Waals surface area (Å²) in [5.74, 6) is 0. The molecule has 2 saturated heterocycles. The number of likely N-dealkylation sites (N-methyl/N-ethyl adjacent to an activating group) is 1. The van der Waals surface area contributed by atoms with Crippen LogP contribution in [0.5, 0.6) is 0 Å². The highest BCUT2D eigenvalue weighted by atomic mass is 16.5. The van der Waals surface area contributed by atoms with E-state index in [0.29, 0.717) is 12.1 Å². The molecule has 1 N–H and O–H groups in total. The first kappa shape index (κ1) is 13.3. The second-order valence-electron chi connectivity index (χ2n) is 5.69. The fourth-order valence-electron chi connectivity index (χ4n) is 3.13. The average molecular weight is 240 g/mol. The molecule has 3 atom stereocenters. The molecule has 2 aliphatic rings. The van der Waals surface area contributed by atoms with Crippen LogP contribution in [0.3, 0.4) is 0 Å². The van der Waals surface area contributed by atoms with Gasteiger partial charge in [-0.05, 0) is 45.7 Å². The second-order valence-corrected chi connectivity index (χ2v) is 5.69. The van der Waals surface area contributed by atoms with E-state index in [4.69, 9.17) is 4.74 Å². The van der Waals surface area contributed by atoms with E-state index in [9.17, 15) is 0 Å². The molecular weight excluding hydrogens is 212 g/mol. The Morgan fingerprint density at radius 2 is 2.24 bits per heavy atom. The van der Waals surface area contributed by atoms with E-state index in [1.807, 2.05) is 0 Å². The van der Waals surface area contributed by atoms with Gasteiger partial charge in [-0.25, -0.2) is 0 Å². The van der Waals surface area contributed by atoms with Gasteiger partial charge in [-0.15, -0.1) is 0 Å². The van der Waals surface area contributed by atoms with Crippen LogP contribution in [0.15, 0.2) is 0 Å². The van der Waals surface area contributed by atoms with Gasteiger partial charge in [-0.3, -0.25) is 0 Å². The largest absolute Gasteiger partial charge is 0.378 e. The lowest BCUT2D eigenvalue weighted by Crippen LogP contribution is -2.44. The molecule has 2 rings (SSSR count). The van der Waals surface area contributed by atoms with E-state index in [1.165, 1.54) is 51.6 Å². The maximum Gasteiger partial charge on any atom is 0.0589 e. The van der Waals surface area contributed by atoms with Crippen molar-refractivity contribution in [3.63, 3.8) is 0 Å². The minimum atomic E-state index is 0.507. The van der Waals surface area contributed by atoms with Crippen molar-refractivity contribution in [1.82, 2.24) is 10.2 Å². The third-order valence-corrected chi connectivity index (χ3v) is 4.29. The molecule has 100 valence electrons. The van der Waals surface area contributed by atoms with Gasteiger partial charge in [0.15, 0.2) is 0 Å². The van der Waals surface area contributed by atoms with Crippen LogP contribution in [0, 0.1) is 0 Å². The first-order valence-corrected chi connectivity index (χ1v) is 7.34. The maximum absolute atomic E-state index is 5.79. The Hall–Kier alpha value is -0.120. The SMILES string of the molecule is CCCC1CC(NCC2CCCN2C)CCO1. The summed E-state index contributed by atoms with van der Waals surface area (Å²) < 4.78 is 5.79. The number of ether oxygens (including phenoxy) is 1. The molecule has 0 aromatic rings. The van der Waals surface area contributed by atoms with Crippen molar-refractivity contribution in [3.05, 3.63) is 0 Å². The van der Waals surface area contributed by atoms with E-state index in [0.717, 1.165) is 12.6 Å². The zero-order valence-electron chi connectivity index (χ0n) is 11.5. The van der Waals surface area contributed by atoms with Crippen LogP contribution in [0.1, 0.15) is 45.4 Å². The molecule has 0 aromatic carbocycles. The predicted octanol–water partition coefficient (Wildman–Crippen LogP) is 2.02. The van der Waals surface area contributed by atoms with Crippen LogP contribution in [-0.4, -0.2) is 49.8 Å². The van der Waals surface area contributed by atoms with Crippen molar-refractivity contribution in [3.8, 4) is 0 Å². The topological polar surface area (TPSA) is 24.5 Å². The summed E-state index contributed by atoms with van der Waals surface area (Å²) in [5.41, 5.74) is 0. The summed E-state index contributed by atoms with van der Waals surface area (Å²) in [6.45, 7) is 5.63. The molecule has 0 bridgehead atoms. The fourth-order valence-corrected chi connectivity index (χ4v) is 3.13. The zero-order valence-corrected chi connectivity index (χ0v) is 11.5. The summed E-state index contributed by atoms with van der Waals surface area (Å²) in [7, 11) is 2.25. The van der Waals surface area contributed by atoms with Gasteiger partial charge in [-0.1, -0.05) is 13.3 Å². The normalized spacial score (nSPS) is 35.3. The highest BCUT2D eigenvalue weighted by Crippen LogP contribution is 2.19. The molecule has 2 fully saturated rings. The van der Waals surface area contributed by atoms with Crippen molar-refractivity contribution in [2.75, 3.05) is 26.7 Å². The van der Waals surface area contributed by atoms with Crippen molar-refractivity contribution < 1.29 is 4.74 Å². The molecule has 0 radical (unpaired) electrons. The number of hydrogen-bond donors (Lipinski definition) is 1. The van der Waals surface area contributed by atoms with Crippen molar-refractivity contribution >= 4 is 0 Å². The van der Waals surface area contributed by atoms with Crippen LogP contribution >= 0.6 is 0 Å². The van der Waals surface area contributed by atoms with Gasteiger partial charge in [0.1, 0.15) is 0 Å². The summed E-state index contributed by atoms with van der Waals surface area (Å²) >= 11 is 0. The quantitative estimate of drug-likeness (QED) is 0.795. The highest BCUT2D eigenvalue weighted by Gasteiger charge is 2.25. The van der Waals surface area contributed by atoms with Crippen molar-refractivity contribution in [1.29, 1.82) is 0 Å². The minimum Gasteiger partial charge on any atom is -0.378 e. The summed E-state index contributed by atoms with van der Waals surface area (Å²) in [6.07, 6.45) is 8.11. The molecule has 3 heteroatoms. The predicted molar refractivity (Wildman–Crippen MR) is 71.3 cm³/mol. The number of nitrogens with zero attached hydrogens (tertiary/aromatic N) is 1. The lowest BCUT2D eigenvalue weighted by atomic mass is 10.00. The monoisotopic (exact) mass is 240 g/mol. The van der Waals surface area contributed by atoms with Crippen molar-refractivity contribution in [2.45, 2.75) is 63.6 Å². The van der Waals surface area contributed by atoms with Crippen LogP contribution in [0.4, 0.5) is 0 Å². The highest BCUT2D eigenvalue weighted by molar-refractivity contribution is 4.82. The Labute approximate surface area is 106 Å². The first-order chi connectivity index (χ1) is 8.29. The molecule has 3 nitrogen and oxygen atoms in total. The lowest BCUT2D eigenvalue weighted by Gasteiger charge is -2.31. The molecule has 0 spiro atoms. The van der Waals surface area contributed by atoms with E-state index in [2.05, 4.69) is 24.2 Å². The Kier molecular flexibility index (Phi) is 5.26. The lowest BCUT2D eigenvalue weighted by molar-refractivity contribution is -0.00382. The van der Waals surface area contributed by atoms with Crippen LogP contribution in [0.25, 0.3) is 0 Å². The third kappa shape index (κ3) is 3.94. The molecule has 0 aromatic heterocycles. The van der Waals surface area contributed by atoms with Gasteiger partial charge < -0.3 is 15.0 Å². The van der Waals surface area contributed by atoms with Gasteiger partial charge in [0.25, 0.3) is 0 Å². The molecule has 0 saturated carbocycles. The summed E-state index contributed by atoms with van der Waals surface area (Å²) in [6, 6.07) is 1.46. The average Bonchev–Trinajstić information content (AvgIpc) is 2.73. The molecule has 0 amide bonds.